The van der Waals surface area contributed by atoms with Crippen molar-refractivity contribution in [1.82, 2.24) is 10.2 Å². The summed E-state index contributed by atoms with van der Waals surface area (Å²) < 4.78 is 46.0. The second-order valence-electron chi connectivity index (χ2n) is 8.58. The highest BCUT2D eigenvalue weighted by Crippen LogP contribution is 2.45. The van der Waals surface area contributed by atoms with E-state index in [0.717, 1.165) is 24.7 Å². The molecule has 4 atom stereocenters. The molecule has 2 aromatic carbocycles. The lowest BCUT2D eigenvalue weighted by molar-refractivity contribution is -0.139. The van der Waals surface area contributed by atoms with Gasteiger partial charge in [0.15, 0.2) is 11.6 Å². The summed E-state index contributed by atoms with van der Waals surface area (Å²) in [4.78, 5) is 13.0. The molecule has 1 saturated carbocycles. The fourth-order valence-electron chi connectivity index (χ4n) is 4.51. The Morgan fingerprint density at radius 1 is 1.15 bits per heavy atom. The summed E-state index contributed by atoms with van der Waals surface area (Å²) in [6.07, 6.45) is 0.151. The molecule has 0 spiro atoms. The molecule has 1 aliphatic heterocycles. The second kappa shape index (κ2) is 9.81. The van der Waals surface area contributed by atoms with E-state index in [9.17, 15) is 18.0 Å². The summed E-state index contributed by atoms with van der Waals surface area (Å²) in [5.41, 5.74) is 0.929. The Morgan fingerprint density at radius 2 is 1.82 bits per heavy atom. The van der Waals surface area contributed by atoms with Crippen molar-refractivity contribution in [3.8, 4) is 11.8 Å². The molecule has 2 aliphatic rings. The van der Waals surface area contributed by atoms with E-state index in [4.69, 9.17) is 15.1 Å². The van der Waals surface area contributed by atoms with Crippen LogP contribution in [-0.2, 0) is 17.8 Å². The average molecular weight is 459 g/mol. The van der Waals surface area contributed by atoms with Gasteiger partial charge in [0.2, 0.25) is 0 Å². The molecule has 0 radical (unpaired) electrons. The number of ether oxygens (including phenoxy) is 1. The molecular weight excluding hydrogens is 435 g/mol. The van der Waals surface area contributed by atoms with E-state index >= 15 is 0 Å². The van der Waals surface area contributed by atoms with Crippen LogP contribution in [0, 0.1) is 46.5 Å². The highest BCUT2D eigenvalue weighted by atomic mass is 19.2. The first-order chi connectivity index (χ1) is 15.9. The third-order valence-corrected chi connectivity index (χ3v) is 6.32. The Bertz CT molecular complexity index is 1050. The van der Waals surface area contributed by atoms with Gasteiger partial charge >= 0.3 is 5.97 Å². The molecule has 0 bridgehead atoms. The van der Waals surface area contributed by atoms with E-state index in [2.05, 4.69) is 10.2 Å². The van der Waals surface area contributed by atoms with Crippen molar-refractivity contribution in [3.63, 3.8) is 0 Å². The Morgan fingerprint density at radius 3 is 2.45 bits per heavy atom. The predicted molar refractivity (Wildman–Crippen MR) is 113 cm³/mol. The standard InChI is InChI=1S/C24H24F3N3O3/c25-20-9-22(27)21(26)8-16(20)11-30-12-18-19(13-30)23(18)29-5-6-33-17-3-1-14(2-4-17)7-15(10-28)24(31)32/h1-4,8-9,15,18-19,23,29H,5-7,11-13H2,(H,31,32)/t15-,18-,19?,23+/m0/s1. The summed E-state index contributed by atoms with van der Waals surface area (Å²) in [7, 11) is 0. The minimum atomic E-state index is -1.17. The Labute approximate surface area is 189 Å². The van der Waals surface area contributed by atoms with Gasteiger partial charge in [-0.3, -0.25) is 9.69 Å². The number of carbonyl (C=O) groups is 1. The zero-order valence-electron chi connectivity index (χ0n) is 17.8. The van der Waals surface area contributed by atoms with Gasteiger partial charge in [-0.15, -0.1) is 0 Å². The van der Waals surface area contributed by atoms with Crippen LogP contribution >= 0.6 is 0 Å². The van der Waals surface area contributed by atoms with Gasteiger partial charge in [-0.1, -0.05) is 12.1 Å². The fraction of sp³-hybridized carbons (Fsp3) is 0.417. The molecular formula is C24H24F3N3O3. The van der Waals surface area contributed by atoms with Gasteiger partial charge in [0, 0.05) is 43.9 Å². The van der Waals surface area contributed by atoms with Crippen LogP contribution in [0.25, 0.3) is 0 Å². The van der Waals surface area contributed by atoms with Crippen LogP contribution in [0.5, 0.6) is 5.75 Å². The second-order valence-corrected chi connectivity index (χ2v) is 8.58. The van der Waals surface area contributed by atoms with E-state index in [1.54, 1.807) is 30.3 Å². The largest absolute Gasteiger partial charge is 0.492 e. The molecule has 2 N–H and O–H groups in total. The number of hydrogen-bond acceptors (Lipinski definition) is 5. The third kappa shape index (κ3) is 5.46. The third-order valence-electron chi connectivity index (χ3n) is 6.32. The summed E-state index contributed by atoms with van der Waals surface area (Å²) in [5, 5.41) is 21.3. The number of nitriles is 1. The van der Waals surface area contributed by atoms with Crippen molar-refractivity contribution in [2.45, 2.75) is 19.0 Å². The molecule has 4 rings (SSSR count). The zero-order chi connectivity index (χ0) is 23.5. The van der Waals surface area contributed by atoms with Gasteiger partial charge in [0.25, 0.3) is 0 Å². The van der Waals surface area contributed by atoms with Gasteiger partial charge in [0.05, 0.1) is 6.07 Å². The van der Waals surface area contributed by atoms with Crippen molar-refractivity contribution in [1.29, 1.82) is 5.26 Å². The summed E-state index contributed by atoms with van der Waals surface area (Å²) in [6.45, 7) is 2.96. The van der Waals surface area contributed by atoms with Crippen LogP contribution in [0.3, 0.4) is 0 Å². The van der Waals surface area contributed by atoms with Crippen LogP contribution in [0.2, 0.25) is 0 Å². The minimum absolute atomic E-state index is 0.151. The minimum Gasteiger partial charge on any atom is -0.492 e. The predicted octanol–water partition coefficient (Wildman–Crippen LogP) is 2.97. The quantitative estimate of drug-likeness (QED) is 0.420. The van der Waals surface area contributed by atoms with Crippen molar-refractivity contribution in [3.05, 3.63) is 65.0 Å². The Hall–Kier alpha value is -3.09. The van der Waals surface area contributed by atoms with Crippen molar-refractivity contribution in [2.24, 2.45) is 17.8 Å². The number of likely N-dealkylation sites (tertiary alicyclic amines) is 1. The molecule has 0 aromatic heterocycles. The molecule has 33 heavy (non-hydrogen) atoms. The number of halogens is 3. The first-order valence-corrected chi connectivity index (χ1v) is 10.8. The smallest absolute Gasteiger partial charge is 0.321 e. The van der Waals surface area contributed by atoms with E-state index < -0.39 is 29.3 Å². The van der Waals surface area contributed by atoms with Crippen LogP contribution in [0.15, 0.2) is 36.4 Å². The first kappa shape index (κ1) is 23.1. The number of aliphatic carboxylic acids is 1. The number of carboxylic acid groups (broad SMARTS) is 1. The molecule has 2 aromatic rings. The lowest BCUT2D eigenvalue weighted by Gasteiger charge is -2.20. The van der Waals surface area contributed by atoms with Crippen LogP contribution < -0.4 is 10.1 Å². The number of nitrogens with one attached hydrogen (secondary N) is 1. The normalized spacial score (nSPS) is 22.4. The molecule has 174 valence electrons. The van der Waals surface area contributed by atoms with Crippen molar-refractivity contribution < 1.29 is 27.8 Å². The average Bonchev–Trinajstić information content (AvgIpc) is 3.23. The Balaban J connectivity index is 1.14. The molecule has 2 fully saturated rings. The van der Waals surface area contributed by atoms with Gasteiger partial charge in [0.1, 0.15) is 24.1 Å². The maximum atomic E-state index is 13.8. The summed E-state index contributed by atoms with van der Waals surface area (Å²) in [6, 6.07) is 10.7. The van der Waals surface area contributed by atoms with E-state index in [1.807, 2.05) is 0 Å². The molecule has 9 heteroatoms. The maximum absolute atomic E-state index is 13.8. The monoisotopic (exact) mass is 459 g/mol. The molecule has 6 nitrogen and oxygen atoms in total. The number of carboxylic acids is 1. The van der Waals surface area contributed by atoms with E-state index in [1.165, 1.54) is 0 Å². The van der Waals surface area contributed by atoms with Crippen LogP contribution in [-0.4, -0.2) is 48.3 Å². The topological polar surface area (TPSA) is 85.6 Å². The summed E-state index contributed by atoms with van der Waals surface area (Å²) in [5.74, 6) is -3.54. The number of fused-ring (bicyclic) bond motifs is 1. The van der Waals surface area contributed by atoms with Crippen LogP contribution in [0.1, 0.15) is 11.1 Å². The van der Waals surface area contributed by atoms with Gasteiger partial charge in [-0.25, -0.2) is 13.2 Å². The number of hydrogen-bond donors (Lipinski definition) is 2. The first-order valence-electron chi connectivity index (χ1n) is 10.8. The maximum Gasteiger partial charge on any atom is 0.321 e. The lowest BCUT2D eigenvalue weighted by Crippen LogP contribution is -2.33. The van der Waals surface area contributed by atoms with E-state index in [0.29, 0.717) is 42.8 Å². The molecule has 1 saturated heterocycles. The zero-order valence-corrected chi connectivity index (χ0v) is 17.8. The highest BCUT2D eigenvalue weighted by molar-refractivity contribution is 5.73. The van der Waals surface area contributed by atoms with Gasteiger partial charge in [-0.05, 0) is 42.0 Å². The van der Waals surface area contributed by atoms with Gasteiger partial charge < -0.3 is 15.2 Å². The number of benzene rings is 2. The van der Waals surface area contributed by atoms with Crippen molar-refractivity contribution >= 4 is 5.97 Å². The highest BCUT2D eigenvalue weighted by Gasteiger charge is 2.55. The molecule has 1 aliphatic carbocycles. The fourth-order valence-corrected chi connectivity index (χ4v) is 4.51. The van der Waals surface area contributed by atoms with Crippen molar-refractivity contribution in [2.75, 3.05) is 26.2 Å². The van der Waals surface area contributed by atoms with E-state index in [-0.39, 0.29) is 18.5 Å². The molecule has 0 amide bonds. The number of rotatable bonds is 10. The lowest BCUT2D eigenvalue weighted by atomic mass is 10.0. The SMILES string of the molecule is N#C[C@H](Cc1ccc(OCCN[C@H]2C3CN(Cc4cc(F)c(F)cc4F)C[C@@H]32)cc1)C(=O)O. The van der Waals surface area contributed by atoms with Gasteiger partial charge in [-0.2, -0.15) is 5.26 Å². The van der Waals surface area contributed by atoms with Crippen LogP contribution in [0.4, 0.5) is 13.2 Å². The Kier molecular flexibility index (Phi) is 6.86. The number of nitrogens with zero attached hydrogens (tertiary/aromatic N) is 2. The number of piperidine rings is 1. The molecule has 1 unspecified atom stereocenters. The summed E-state index contributed by atoms with van der Waals surface area (Å²) >= 11 is 0. The molecule has 1 heterocycles.